The first-order chi connectivity index (χ1) is 8.21. The van der Waals surface area contributed by atoms with Crippen molar-refractivity contribution in [2.24, 2.45) is 0 Å². The van der Waals surface area contributed by atoms with E-state index in [4.69, 9.17) is 5.41 Å². The Balaban J connectivity index is 2.71. The predicted octanol–water partition coefficient (Wildman–Crippen LogP) is 3.74. The Bertz CT molecular complexity index is 367. The first kappa shape index (κ1) is 13.6. The Hall–Kier alpha value is -1.44. The summed E-state index contributed by atoms with van der Waals surface area (Å²) in [5, 5.41) is 6.95. The molecule has 0 spiro atoms. The highest BCUT2D eigenvalue weighted by molar-refractivity contribution is 5.90. The highest BCUT2D eigenvalue weighted by Gasteiger charge is 2.13. The molecular weight excluding hydrogens is 210 g/mol. The summed E-state index contributed by atoms with van der Waals surface area (Å²) in [4.78, 5) is 11.6. The van der Waals surface area contributed by atoms with Crippen LogP contribution in [0.4, 0.5) is 0 Å². The third-order valence-corrected chi connectivity index (χ3v) is 3.16. The van der Waals surface area contributed by atoms with E-state index in [1.54, 1.807) is 0 Å². The van der Waals surface area contributed by atoms with Crippen molar-refractivity contribution in [3.8, 4) is 0 Å². The molecular formula is C15H21NO. The summed E-state index contributed by atoms with van der Waals surface area (Å²) >= 11 is 0. The Morgan fingerprint density at radius 1 is 1.29 bits per heavy atom. The fourth-order valence-electron chi connectivity index (χ4n) is 2.00. The number of nitrogens with one attached hydrogen (secondary N) is 1. The molecule has 1 aromatic carbocycles. The van der Waals surface area contributed by atoms with Crippen LogP contribution in [0.15, 0.2) is 24.3 Å². The zero-order chi connectivity index (χ0) is 12.7. The lowest BCUT2D eigenvalue weighted by Gasteiger charge is -2.14. The quantitative estimate of drug-likeness (QED) is 0.713. The van der Waals surface area contributed by atoms with Crippen LogP contribution in [0.5, 0.6) is 0 Å². The minimum Gasteiger partial charge on any atom is -0.313 e. The second-order valence-electron chi connectivity index (χ2n) is 4.35. The van der Waals surface area contributed by atoms with Crippen LogP contribution in [-0.2, 0) is 11.2 Å². The highest BCUT2D eigenvalue weighted by Crippen LogP contribution is 2.24. The van der Waals surface area contributed by atoms with E-state index in [1.165, 1.54) is 17.3 Å². The summed E-state index contributed by atoms with van der Waals surface area (Å²) in [5.41, 5.74) is 2.57. The van der Waals surface area contributed by atoms with Crippen LogP contribution in [0.3, 0.4) is 0 Å². The van der Waals surface area contributed by atoms with Gasteiger partial charge in [-0.05, 0) is 29.9 Å². The third kappa shape index (κ3) is 4.14. The summed E-state index contributed by atoms with van der Waals surface area (Å²) in [6.45, 7) is 4.25. The number of carbonyl (C=O) groups is 1. The Morgan fingerprint density at radius 3 is 2.41 bits per heavy atom. The number of rotatable bonds is 7. The maximum atomic E-state index is 11.6. The number of aryl methyl sites for hydroxylation is 1. The molecule has 1 unspecified atom stereocenters. The molecule has 0 radical (unpaired) electrons. The molecule has 0 saturated carbocycles. The number of hydrogen-bond acceptors (Lipinski definition) is 2. The molecule has 2 heteroatoms. The van der Waals surface area contributed by atoms with Crippen LogP contribution < -0.4 is 0 Å². The van der Waals surface area contributed by atoms with Crippen LogP contribution in [0.1, 0.15) is 50.2 Å². The average Bonchev–Trinajstić information content (AvgIpc) is 2.36. The fraction of sp³-hybridized carbons (Fsp3) is 0.467. The molecule has 0 aromatic heterocycles. The van der Waals surface area contributed by atoms with Gasteiger partial charge < -0.3 is 5.41 Å². The predicted molar refractivity (Wildman–Crippen MR) is 71.9 cm³/mol. The minimum atomic E-state index is 0.159. The average molecular weight is 231 g/mol. The standard InChI is InChI=1S/C15H21NO/c1-3-12-5-7-14(8-6-12)13(4-2)11-15(17)9-10-16/h5-8,10,13,16H,3-4,9,11H2,1-2H3. The Labute approximate surface area is 104 Å². The SMILES string of the molecule is CCc1ccc(C(CC)CC(=O)CC=N)cc1. The molecule has 0 aliphatic heterocycles. The van der Waals surface area contributed by atoms with Gasteiger partial charge in [0.1, 0.15) is 5.78 Å². The Morgan fingerprint density at radius 2 is 1.94 bits per heavy atom. The van der Waals surface area contributed by atoms with Crippen molar-refractivity contribution < 1.29 is 4.79 Å². The molecule has 1 N–H and O–H groups in total. The molecule has 2 nitrogen and oxygen atoms in total. The van der Waals surface area contributed by atoms with Gasteiger partial charge in [0.05, 0.1) is 0 Å². The van der Waals surface area contributed by atoms with E-state index in [2.05, 4.69) is 38.1 Å². The monoisotopic (exact) mass is 231 g/mol. The molecule has 1 atom stereocenters. The van der Waals surface area contributed by atoms with Gasteiger partial charge in [-0.25, -0.2) is 0 Å². The number of ketones is 1. The summed E-state index contributed by atoms with van der Waals surface area (Å²) in [6, 6.07) is 8.54. The lowest BCUT2D eigenvalue weighted by Crippen LogP contribution is -2.07. The van der Waals surface area contributed by atoms with Crippen molar-refractivity contribution in [2.45, 2.75) is 45.4 Å². The van der Waals surface area contributed by atoms with Crippen molar-refractivity contribution in [3.05, 3.63) is 35.4 Å². The van der Waals surface area contributed by atoms with Crippen molar-refractivity contribution >= 4 is 12.0 Å². The number of hydrogen-bond donors (Lipinski definition) is 1. The van der Waals surface area contributed by atoms with E-state index in [1.807, 2.05) is 0 Å². The molecule has 0 aliphatic carbocycles. The van der Waals surface area contributed by atoms with Crippen molar-refractivity contribution in [1.29, 1.82) is 5.41 Å². The van der Waals surface area contributed by atoms with E-state index in [-0.39, 0.29) is 12.2 Å². The zero-order valence-electron chi connectivity index (χ0n) is 10.7. The topological polar surface area (TPSA) is 40.9 Å². The van der Waals surface area contributed by atoms with Crippen LogP contribution in [-0.4, -0.2) is 12.0 Å². The van der Waals surface area contributed by atoms with Gasteiger partial charge in [0.2, 0.25) is 0 Å². The number of Topliss-reactive ketones (excluding diaryl/α,β-unsaturated/α-hetero) is 1. The van der Waals surface area contributed by atoms with Crippen molar-refractivity contribution in [3.63, 3.8) is 0 Å². The van der Waals surface area contributed by atoms with Gasteiger partial charge >= 0.3 is 0 Å². The third-order valence-electron chi connectivity index (χ3n) is 3.16. The molecule has 0 amide bonds. The number of benzene rings is 1. The summed E-state index contributed by atoms with van der Waals surface area (Å²) < 4.78 is 0. The van der Waals surface area contributed by atoms with E-state index < -0.39 is 0 Å². The molecule has 0 bridgehead atoms. The smallest absolute Gasteiger partial charge is 0.138 e. The van der Waals surface area contributed by atoms with E-state index in [0.717, 1.165) is 12.8 Å². The van der Waals surface area contributed by atoms with Gasteiger partial charge in [0.15, 0.2) is 0 Å². The first-order valence-corrected chi connectivity index (χ1v) is 6.30. The van der Waals surface area contributed by atoms with Crippen molar-refractivity contribution in [1.82, 2.24) is 0 Å². The second kappa shape index (κ2) is 7.00. The van der Waals surface area contributed by atoms with Gasteiger partial charge in [-0.15, -0.1) is 0 Å². The van der Waals surface area contributed by atoms with E-state index in [0.29, 0.717) is 12.3 Å². The second-order valence-corrected chi connectivity index (χ2v) is 4.35. The normalized spacial score (nSPS) is 12.1. The molecule has 0 fully saturated rings. The largest absolute Gasteiger partial charge is 0.313 e. The molecule has 92 valence electrons. The Kier molecular flexibility index (Phi) is 5.61. The zero-order valence-corrected chi connectivity index (χ0v) is 10.7. The fourth-order valence-corrected chi connectivity index (χ4v) is 2.00. The summed E-state index contributed by atoms with van der Waals surface area (Å²) in [6.07, 6.45) is 4.02. The lowest BCUT2D eigenvalue weighted by molar-refractivity contribution is -0.118. The minimum absolute atomic E-state index is 0.159. The number of carbonyl (C=O) groups excluding carboxylic acids is 1. The molecule has 1 rings (SSSR count). The van der Waals surface area contributed by atoms with Gasteiger partial charge in [-0.1, -0.05) is 38.1 Å². The summed E-state index contributed by atoms with van der Waals surface area (Å²) in [5.74, 6) is 0.458. The molecule has 0 aliphatic rings. The summed E-state index contributed by atoms with van der Waals surface area (Å²) in [7, 11) is 0. The molecule has 0 saturated heterocycles. The van der Waals surface area contributed by atoms with E-state index >= 15 is 0 Å². The van der Waals surface area contributed by atoms with Crippen LogP contribution >= 0.6 is 0 Å². The van der Waals surface area contributed by atoms with Gasteiger partial charge in [0.25, 0.3) is 0 Å². The van der Waals surface area contributed by atoms with Gasteiger partial charge in [-0.3, -0.25) is 4.79 Å². The maximum Gasteiger partial charge on any atom is 0.138 e. The van der Waals surface area contributed by atoms with Gasteiger partial charge in [0, 0.05) is 19.1 Å². The molecule has 17 heavy (non-hydrogen) atoms. The maximum absolute atomic E-state index is 11.6. The van der Waals surface area contributed by atoms with Crippen LogP contribution in [0.25, 0.3) is 0 Å². The molecule has 1 aromatic rings. The van der Waals surface area contributed by atoms with Crippen LogP contribution in [0.2, 0.25) is 0 Å². The first-order valence-electron chi connectivity index (χ1n) is 6.30. The van der Waals surface area contributed by atoms with Gasteiger partial charge in [-0.2, -0.15) is 0 Å². The van der Waals surface area contributed by atoms with E-state index in [9.17, 15) is 4.79 Å². The van der Waals surface area contributed by atoms with Crippen LogP contribution in [0, 0.1) is 5.41 Å². The molecule has 0 heterocycles. The highest BCUT2D eigenvalue weighted by atomic mass is 16.1. The van der Waals surface area contributed by atoms with Crippen molar-refractivity contribution in [2.75, 3.05) is 0 Å². The lowest BCUT2D eigenvalue weighted by atomic mass is 9.90.